The molecule has 0 radical (unpaired) electrons. The van der Waals surface area contributed by atoms with Crippen LogP contribution < -0.4 is 9.47 Å². The summed E-state index contributed by atoms with van der Waals surface area (Å²) in [5.74, 6) is 0.204. The van der Waals surface area contributed by atoms with Gasteiger partial charge in [0.1, 0.15) is 24.7 Å². The first-order chi connectivity index (χ1) is 39.2. The molecule has 2 aromatic carbocycles. The predicted octanol–water partition coefficient (Wildman–Crippen LogP) is 3.67. The Kier molecular flexibility index (Phi) is 70.6. The van der Waals surface area contributed by atoms with Crippen molar-refractivity contribution in [1.82, 2.24) is 0 Å². The number of aliphatic hydroxyl groups excluding tert-OH is 2. The average molecular weight is 1250 g/mol. The summed E-state index contributed by atoms with van der Waals surface area (Å²) in [5, 5.41) is 68.4. The van der Waals surface area contributed by atoms with E-state index in [1.54, 1.807) is 68.6 Å². The Hall–Kier alpha value is -5.80. The van der Waals surface area contributed by atoms with E-state index >= 15 is 0 Å². The minimum Gasteiger partial charge on any atom is -0.497 e. The summed E-state index contributed by atoms with van der Waals surface area (Å²) in [4.78, 5) is 76.6. The van der Waals surface area contributed by atoms with Crippen LogP contribution >= 0.6 is 0 Å². The van der Waals surface area contributed by atoms with Crippen LogP contribution in [-0.2, 0) is 97.8 Å². The monoisotopic (exact) mass is 1250 g/mol. The molecule has 3 rings (SSSR count). The Bertz CT molecular complexity index is 1780. The number of hydrogen-bond donors (Lipinski definition) is 9. The molecule has 0 aromatic heterocycles. The number of rotatable bonds is 29. The fourth-order valence-corrected chi connectivity index (χ4v) is 15.3. The quantitative estimate of drug-likeness (QED) is 0.00645. The van der Waals surface area contributed by atoms with Crippen molar-refractivity contribution < 1.29 is 160 Å². The minimum absolute atomic E-state index is 0. The van der Waals surface area contributed by atoms with Gasteiger partial charge in [0.05, 0.1) is 60.9 Å². The molecule has 9 N–H and O–H groups in total. The Morgan fingerprint density at radius 1 is 0.659 bits per heavy atom. The van der Waals surface area contributed by atoms with Crippen molar-refractivity contribution >= 4 is 76.5 Å². The van der Waals surface area contributed by atoms with Crippen molar-refractivity contribution in [2.75, 3.05) is 97.0 Å². The van der Waals surface area contributed by atoms with Gasteiger partial charge in [0.2, 0.25) is 0 Å². The highest BCUT2D eigenvalue weighted by atomic mass is 28.5. The molecular formula is C46H86O33Si3. The maximum Gasteiger partial charge on any atom is 0.495 e. The van der Waals surface area contributed by atoms with E-state index in [4.69, 9.17) is 111 Å². The largest absolute Gasteiger partial charge is 0.497 e. The Morgan fingerprint density at radius 2 is 1.09 bits per heavy atom. The minimum atomic E-state index is -3.65. The van der Waals surface area contributed by atoms with E-state index in [9.17, 15) is 24.6 Å². The summed E-state index contributed by atoms with van der Waals surface area (Å²) < 4.78 is 82.5. The fourth-order valence-electron chi connectivity index (χ4n) is 4.70. The number of benzene rings is 2. The number of hydrogen-bond acceptors (Lipinski definition) is 29. The molecule has 1 aliphatic heterocycles. The second-order valence-electron chi connectivity index (χ2n) is 13.4. The summed E-state index contributed by atoms with van der Waals surface area (Å²) >= 11 is 0. The first-order valence-electron chi connectivity index (χ1n) is 23.2. The third kappa shape index (κ3) is 54.8. The second kappa shape index (κ2) is 64.4. The third-order valence-corrected chi connectivity index (χ3v) is 19.3. The molecule has 36 heteroatoms. The van der Waals surface area contributed by atoms with Crippen molar-refractivity contribution in [3.05, 3.63) is 65.7 Å². The van der Waals surface area contributed by atoms with E-state index in [0.717, 1.165) is 5.56 Å². The molecule has 5 unspecified atom stereocenters. The van der Waals surface area contributed by atoms with Gasteiger partial charge in [-0.25, -0.2) is 24.3 Å². The van der Waals surface area contributed by atoms with Crippen LogP contribution in [0.4, 0.5) is 0 Å². The van der Waals surface area contributed by atoms with Gasteiger partial charge in [-0.15, -0.1) is 0 Å². The number of carbonyl (C=O) groups is 7. The van der Waals surface area contributed by atoms with Gasteiger partial charge in [0.25, 0.3) is 32.4 Å². The van der Waals surface area contributed by atoms with Crippen molar-refractivity contribution in [2.24, 2.45) is 0 Å². The van der Waals surface area contributed by atoms with Crippen LogP contribution in [0.3, 0.4) is 0 Å². The first kappa shape index (κ1) is 90.0. The first-order valence-corrected chi connectivity index (χ1v) is 28.6. The van der Waals surface area contributed by atoms with Crippen LogP contribution in [0.2, 0.25) is 24.7 Å². The molecule has 33 nitrogen and oxygen atoms in total. The smallest absolute Gasteiger partial charge is 0.495 e. The van der Waals surface area contributed by atoms with Crippen molar-refractivity contribution in [2.45, 2.75) is 71.7 Å². The molecule has 0 amide bonds. The van der Waals surface area contributed by atoms with E-state index in [1.807, 2.05) is 6.55 Å². The van der Waals surface area contributed by atoms with Gasteiger partial charge in [-0.05, 0) is 61.0 Å². The fraction of sp³-hybridized carbons (Fsp3) is 0.543. The highest BCUT2D eigenvalue weighted by molar-refractivity contribution is 6.82. The van der Waals surface area contributed by atoms with Crippen LogP contribution in [-0.4, -0.2) is 233 Å². The number of esters is 2. The summed E-state index contributed by atoms with van der Waals surface area (Å²) in [6.45, 7) is 3.47. The van der Waals surface area contributed by atoms with Crippen LogP contribution in [0.25, 0.3) is 6.08 Å². The zero-order valence-corrected chi connectivity index (χ0v) is 50.1. The number of aliphatic hydroxyl groups is 2. The molecule has 82 heavy (non-hydrogen) atoms. The lowest BCUT2D eigenvalue weighted by atomic mass is 10.2. The average Bonchev–Trinajstić information content (AvgIpc) is 4.35. The highest BCUT2D eigenvalue weighted by Gasteiger charge is 2.56. The summed E-state index contributed by atoms with van der Waals surface area (Å²) in [6, 6.07) is 14.2. The molecular weight excluding hydrogens is 1160 g/mol. The molecule has 0 aliphatic carbocycles. The van der Waals surface area contributed by atoms with E-state index in [0.29, 0.717) is 42.2 Å². The molecule has 1 heterocycles. The van der Waals surface area contributed by atoms with E-state index in [-0.39, 0.29) is 78.5 Å². The van der Waals surface area contributed by atoms with Gasteiger partial charge in [0.15, 0.2) is 18.9 Å². The SMILES string of the molecule is C.CCC(O)OCC[Si](C)(OC)O[Si](CCOC(O)COC=O)(OC)O[Si](CCOC1CO1)(OC)OC.COC(=O)C=Cc1ccc(OC(=O)c2ccc(OC)cc2)cc1.COO.COO.COO.O=CO.O=CO.O=CO.O=CO.[2H]C. The molecule has 1 saturated heterocycles. The lowest BCUT2D eigenvalue weighted by Gasteiger charge is -2.40. The third-order valence-electron chi connectivity index (χ3n) is 8.33. The van der Waals surface area contributed by atoms with Gasteiger partial charge in [0, 0.05) is 54.0 Å². The molecule has 0 bridgehead atoms. The number of epoxide rings is 1. The number of ether oxygens (including phenoxy) is 8. The predicted molar refractivity (Wildman–Crippen MR) is 292 cm³/mol. The lowest BCUT2D eigenvalue weighted by Crippen LogP contribution is -2.62. The Labute approximate surface area is 481 Å². The number of carbonyl (C=O) groups excluding carboxylic acids is 3. The molecule has 0 saturated carbocycles. The maximum absolute atomic E-state index is 12.0. The van der Waals surface area contributed by atoms with Gasteiger partial charge >= 0.3 is 38.1 Å². The maximum atomic E-state index is 12.0. The lowest BCUT2D eigenvalue weighted by molar-refractivity contribution is -0.215. The zero-order chi connectivity index (χ0) is 64.7. The molecule has 1 fully saturated rings. The topological polar surface area (TPSA) is 462 Å². The Morgan fingerprint density at radius 3 is 1.48 bits per heavy atom. The van der Waals surface area contributed by atoms with Gasteiger partial charge in [-0.3, -0.25) is 39.7 Å². The van der Waals surface area contributed by atoms with E-state index in [1.165, 1.54) is 70.4 Å². The van der Waals surface area contributed by atoms with Gasteiger partial charge < -0.3 is 94.5 Å². The zero-order valence-electron chi connectivity index (χ0n) is 48.1. The molecule has 0 spiro atoms. The Balaban J connectivity index is -0.000000169. The standard InChI is InChI=1S/C19H42O14Si3.C18H16O5.3CH4O2.4CH2O2.2CH4/c1-7-17(21)28-8-11-34(6,23-2)32-36(26-5,13-9-29-18(22)14-27-16-20)33-35(24-3,25-4)12-10-30-19-15-31-19;1-21-15-10-6-14(7-11-15)18(20)23-16-8-3-13(4-9-16)5-12-17(19)22-2;3*1-3-2;4*2-1-3;;/h16-19,21-22H,7-15H2,1-6H3;3-12H,1-2H3;3*2H,1H3;4*1H,(H,2,3);2*1H4/i;;;;;;;;;1D;. The normalized spacial score (nSPS) is 13.4. The van der Waals surface area contributed by atoms with Crippen molar-refractivity contribution in [3.8, 4) is 11.5 Å². The van der Waals surface area contributed by atoms with Crippen LogP contribution in [0.5, 0.6) is 11.5 Å². The molecule has 2 aromatic rings. The molecule has 1 aliphatic rings. The van der Waals surface area contributed by atoms with Crippen molar-refractivity contribution in [3.63, 3.8) is 0 Å². The van der Waals surface area contributed by atoms with Gasteiger partial charge in [-0.1, -0.05) is 33.9 Å². The van der Waals surface area contributed by atoms with Crippen LogP contribution in [0, 0.1) is 0 Å². The van der Waals surface area contributed by atoms with Gasteiger partial charge in [-0.2, -0.15) is 0 Å². The summed E-state index contributed by atoms with van der Waals surface area (Å²) in [5.41, 5.74) is 1.22. The highest BCUT2D eigenvalue weighted by Crippen LogP contribution is 2.30. The number of carboxylic acid groups (broad SMARTS) is 4. The molecule has 5 atom stereocenters. The number of methoxy groups -OCH3 is 2. The van der Waals surface area contributed by atoms with E-state index in [2.05, 4.69) is 24.1 Å². The summed E-state index contributed by atoms with van der Waals surface area (Å²) in [6.07, 6.45) is 0.911. The van der Waals surface area contributed by atoms with Crippen molar-refractivity contribution in [1.29, 1.82) is 0 Å². The molecule has 480 valence electrons. The van der Waals surface area contributed by atoms with Crippen LogP contribution in [0.15, 0.2) is 54.6 Å². The van der Waals surface area contributed by atoms with Crippen LogP contribution in [0.1, 0.15) is 45.5 Å². The second-order valence-corrected chi connectivity index (χ2v) is 23.2. The van der Waals surface area contributed by atoms with E-state index < -0.39 is 50.7 Å². The summed E-state index contributed by atoms with van der Waals surface area (Å²) in [7, 11) is 3.59.